The van der Waals surface area contributed by atoms with Crippen molar-refractivity contribution in [2.75, 3.05) is 39.3 Å². The summed E-state index contributed by atoms with van der Waals surface area (Å²) in [6.45, 7) is 3.33. The Morgan fingerprint density at radius 1 is 0.963 bits per heavy atom. The quantitative estimate of drug-likeness (QED) is 0.215. The van der Waals surface area contributed by atoms with Crippen molar-refractivity contribution in [2.45, 2.75) is 71.1 Å². The monoisotopic (exact) mass is 386 g/mol. The zero-order valence-corrected chi connectivity index (χ0v) is 16.9. The number of carboxylic acid groups (broad SMARTS) is 2. The summed E-state index contributed by atoms with van der Waals surface area (Å²) in [6.07, 6.45) is 11.6. The number of unbranched alkanes of at least 4 members (excludes halogenated alkanes) is 8. The summed E-state index contributed by atoms with van der Waals surface area (Å²) in [5.74, 6) is -0.944. The molecule has 0 aromatic heterocycles. The van der Waals surface area contributed by atoms with Crippen LogP contribution in [0.5, 0.6) is 0 Å². The molecule has 1 atom stereocenters. The van der Waals surface area contributed by atoms with Gasteiger partial charge in [-0.05, 0) is 6.42 Å². The van der Waals surface area contributed by atoms with Crippen LogP contribution >= 0.6 is 0 Å². The fraction of sp³-hybridized carbons (Fsp3) is 0.850. The standard InChI is InChI=1S/C20H36N2O5/c1-2-3-4-5-6-7-8-9-10-11-18-21(16-19(24)25)12-13-22(18,14-15-23)17-20(26)27/h23H,2-17H2,1H3/p+2. The molecule has 0 saturated carbocycles. The Morgan fingerprint density at radius 3 is 2.07 bits per heavy atom. The molecule has 0 spiro atoms. The van der Waals surface area contributed by atoms with Gasteiger partial charge in [-0.25, -0.2) is 14.1 Å². The lowest BCUT2D eigenvalue weighted by atomic mass is 10.1. The van der Waals surface area contributed by atoms with Crippen LogP contribution in [-0.4, -0.2) is 81.5 Å². The second-order valence-electron chi connectivity index (χ2n) is 7.68. The van der Waals surface area contributed by atoms with Crippen molar-refractivity contribution in [1.82, 2.24) is 0 Å². The molecule has 0 radical (unpaired) electrons. The van der Waals surface area contributed by atoms with Crippen molar-refractivity contribution < 1.29 is 34.0 Å². The number of quaternary nitrogens is 1. The third-order valence-corrected chi connectivity index (χ3v) is 5.51. The molecule has 1 rings (SSSR count). The fourth-order valence-electron chi connectivity index (χ4n) is 4.13. The molecule has 0 fully saturated rings. The number of aliphatic carboxylic acids is 2. The van der Waals surface area contributed by atoms with Crippen molar-refractivity contribution in [3.8, 4) is 0 Å². The van der Waals surface area contributed by atoms with Crippen molar-refractivity contribution in [1.29, 1.82) is 0 Å². The Bertz CT molecular complexity index is 507. The van der Waals surface area contributed by atoms with Crippen molar-refractivity contribution >= 4 is 17.8 Å². The molecule has 7 heteroatoms. The summed E-state index contributed by atoms with van der Waals surface area (Å²) in [6, 6.07) is 0. The Hall–Kier alpha value is -1.47. The second-order valence-corrected chi connectivity index (χ2v) is 7.68. The maximum absolute atomic E-state index is 11.4. The zero-order chi connectivity index (χ0) is 20.1. The average Bonchev–Trinajstić information content (AvgIpc) is 2.90. The van der Waals surface area contributed by atoms with Crippen LogP contribution in [0.15, 0.2) is 0 Å². The molecule has 1 heterocycles. The summed E-state index contributed by atoms with van der Waals surface area (Å²) in [4.78, 5) is 22.6. The molecule has 7 nitrogen and oxygen atoms in total. The fourth-order valence-corrected chi connectivity index (χ4v) is 4.13. The smallest absolute Gasteiger partial charge is 0.369 e. The lowest BCUT2D eigenvalue weighted by Gasteiger charge is -2.28. The molecule has 0 aliphatic carbocycles. The zero-order valence-electron chi connectivity index (χ0n) is 16.9. The van der Waals surface area contributed by atoms with Gasteiger partial charge in [0.2, 0.25) is 6.54 Å². The van der Waals surface area contributed by atoms with E-state index in [9.17, 15) is 24.9 Å². The molecule has 0 aromatic carbocycles. The van der Waals surface area contributed by atoms with E-state index in [1.54, 1.807) is 0 Å². The van der Waals surface area contributed by atoms with Crippen LogP contribution in [0.1, 0.15) is 71.1 Å². The van der Waals surface area contributed by atoms with E-state index >= 15 is 0 Å². The summed E-state index contributed by atoms with van der Waals surface area (Å²) in [5, 5.41) is 28.0. The van der Waals surface area contributed by atoms with Crippen molar-refractivity contribution in [3.05, 3.63) is 0 Å². The van der Waals surface area contributed by atoms with Crippen molar-refractivity contribution in [3.63, 3.8) is 0 Å². The third-order valence-electron chi connectivity index (χ3n) is 5.51. The molecule has 1 unspecified atom stereocenters. The van der Waals surface area contributed by atoms with Gasteiger partial charge in [-0.2, -0.15) is 4.58 Å². The molecular formula is C20H38N2O5+2. The van der Waals surface area contributed by atoms with E-state index in [-0.39, 0.29) is 24.2 Å². The van der Waals surface area contributed by atoms with Gasteiger partial charge in [0, 0.05) is 0 Å². The van der Waals surface area contributed by atoms with Crippen LogP contribution in [0, 0.1) is 0 Å². The van der Waals surface area contributed by atoms with Gasteiger partial charge >= 0.3 is 17.8 Å². The number of aliphatic hydroxyl groups is 1. The van der Waals surface area contributed by atoms with E-state index in [1.807, 2.05) is 4.58 Å². The SMILES string of the molecule is CCCCCCCCCCCC1=[N+](CC(=O)O)CC[N+]1(CCO)CC(=O)O. The van der Waals surface area contributed by atoms with Crippen LogP contribution in [0.25, 0.3) is 0 Å². The summed E-state index contributed by atoms with van der Waals surface area (Å²) >= 11 is 0. The third kappa shape index (κ3) is 8.39. The lowest BCUT2D eigenvalue weighted by molar-refractivity contribution is -0.832. The Morgan fingerprint density at radius 2 is 1.56 bits per heavy atom. The molecule has 27 heavy (non-hydrogen) atoms. The number of carbonyl (C=O) groups is 2. The van der Waals surface area contributed by atoms with E-state index in [0.717, 1.165) is 25.1 Å². The van der Waals surface area contributed by atoms with E-state index in [2.05, 4.69) is 6.92 Å². The minimum absolute atomic E-state index is 0.0938. The molecule has 156 valence electrons. The first-order chi connectivity index (χ1) is 12.9. The molecule has 3 N–H and O–H groups in total. The van der Waals surface area contributed by atoms with E-state index < -0.39 is 11.9 Å². The van der Waals surface area contributed by atoms with Crippen LogP contribution in [-0.2, 0) is 9.59 Å². The Labute approximate surface area is 162 Å². The molecule has 0 amide bonds. The van der Waals surface area contributed by atoms with Crippen LogP contribution in [0.3, 0.4) is 0 Å². The van der Waals surface area contributed by atoms with Crippen molar-refractivity contribution in [2.24, 2.45) is 0 Å². The average molecular weight is 387 g/mol. The first kappa shape index (κ1) is 23.6. The maximum Gasteiger partial charge on any atom is 0.369 e. The van der Waals surface area contributed by atoms with E-state index in [0.29, 0.717) is 26.1 Å². The summed E-state index contributed by atoms with van der Waals surface area (Å²) in [7, 11) is 0. The first-order valence-electron chi connectivity index (χ1n) is 10.5. The number of aliphatic hydroxyl groups excluding tert-OH is 1. The number of hydrogen-bond donors (Lipinski definition) is 3. The van der Waals surface area contributed by atoms with Gasteiger partial charge < -0.3 is 15.3 Å². The highest BCUT2D eigenvalue weighted by atomic mass is 16.4. The van der Waals surface area contributed by atoms with Gasteiger partial charge in [0.1, 0.15) is 13.1 Å². The minimum atomic E-state index is -0.912. The number of amidine groups is 1. The van der Waals surface area contributed by atoms with E-state index in [4.69, 9.17) is 0 Å². The molecule has 1 aliphatic heterocycles. The van der Waals surface area contributed by atoms with Gasteiger partial charge in [0.15, 0.2) is 13.1 Å². The van der Waals surface area contributed by atoms with Gasteiger partial charge in [-0.15, -0.1) is 0 Å². The summed E-state index contributed by atoms with van der Waals surface area (Å²) in [5.41, 5.74) is 0. The van der Waals surface area contributed by atoms with E-state index in [1.165, 1.54) is 38.5 Å². The number of carboxylic acids is 2. The molecular weight excluding hydrogens is 348 g/mol. The Balaban J connectivity index is 2.60. The number of rotatable bonds is 16. The second kappa shape index (κ2) is 12.8. The molecule has 0 saturated heterocycles. The normalized spacial score (nSPS) is 19.6. The van der Waals surface area contributed by atoms with Crippen LogP contribution < -0.4 is 0 Å². The van der Waals surface area contributed by atoms with Gasteiger partial charge in [-0.1, -0.05) is 58.3 Å². The van der Waals surface area contributed by atoms with Gasteiger partial charge in [0.05, 0.1) is 13.0 Å². The van der Waals surface area contributed by atoms with Gasteiger partial charge in [0.25, 0.3) is 0 Å². The molecule has 0 aromatic rings. The van der Waals surface area contributed by atoms with Crippen LogP contribution in [0.2, 0.25) is 0 Å². The highest BCUT2D eigenvalue weighted by Gasteiger charge is 2.48. The minimum Gasteiger partial charge on any atom is -0.477 e. The lowest BCUT2D eigenvalue weighted by Crippen LogP contribution is -2.56. The predicted octanol–water partition coefficient (Wildman–Crippen LogP) is 2.31. The largest absolute Gasteiger partial charge is 0.477 e. The first-order valence-corrected chi connectivity index (χ1v) is 10.5. The topological polar surface area (TPSA) is 97.8 Å². The number of hydrogen-bond acceptors (Lipinski definition) is 3. The Kier molecular flexibility index (Phi) is 11.2. The highest BCUT2D eigenvalue weighted by molar-refractivity contribution is 5.77. The molecule has 1 aliphatic rings. The predicted molar refractivity (Wildman–Crippen MR) is 104 cm³/mol. The highest BCUT2D eigenvalue weighted by Crippen LogP contribution is 2.20. The molecule has 0 bridgehead atoms. The number of nitrogens with zero attached hydrogens (tertiary/aromatic N) is 2. The summed E-state index contributed by atoms with van der Waals surface area (Å²) < 4.78 is 2.00. The van der Waals surface area contributed by atoms with Crippen LogP contribution in [0.4, 0.5) is 0 Å². The maximum atomic E-state index is 11.4. The van der Waals surface area contributed by atoms with Gasteiger partial charge in [-0.3, -0.25) is 0 Å².